The fourth-order valence-electron chi connectivity index (χ4n) is 4.37. The molecule has 3 rings (SSSR count). The van der Waals surface area contributed by atoms with Crippen molar-refractivity contribution in [1.29, 1.82) is 0 Å². The zero-order valence-electron chi connectivity index (χ0n) is 18.1. The van der Waals surface area contributed by atoms with E-state index in [0.717, 1.165) is 45.7 Å². The summed E-state index contributed by atoms with van der Waals surface area (Å²) in [6.07, 6.45) is 4.50. The number of likely N-dealkylation sites (tertiary alicyclic amines) is 1. The molecule has 2 aromatic rings. The van der Waals surface area contributed by atoms with Gasteiger partial charge in [0.2, 0.25) is 0 Å². The van der Waals surface area contributed by atoms with Gasteiger partial charge in [0.15, 0.2) is 0 Å². The van der Waals surface area contributed by atoms with Crippen molar-refractivity contribution in [2.24, 2.45) is 0 Å². The Kier molecular flexibility index (Phi) is 7.92. The van der Waals surface area contributed by atoms with Crippen molar-refractivity contribution < 1.29 is 13.2 Å². The molecular formula is C24H34N2O3S. The van der Waals surface area contributed by atoms with Crippen molar-refractivity contribution in [2.75, 3.05) is 37.6 Å². The molecule has 0 aliphatic carbocycles. The third kappa shape index (κ3) is 5.62. The molecular weight excluding hydrogens is 396 g/mol. The molecule has 6 heteroatoms. The molecule has 1 aliphatic heterocycles. The summed E-state index contributed by atoms with van der Waals surface area (Å²) < 4.78 is 33.9. The molecule has 5 nitrogen and oxygen atoms in total. The van der Waals surface area contributed by atoms with E-state index in [0.29, 0.717) is 5.69 Å². The molecule has 164 valence electrons. The van der Waals surface area contributed by atoms with Crippen LogP contribution in [0.4, 0.5) is 5.69 Å². The summed E-state index contributed by atoms with van der Waals surface area (Å²) in [5.74, 6) is 0. The van der Waals surface area contributed by atoms with E-state index in [9.17, 15) is 8.42 Å². The summed E-state index contributed by atoms with van der Waals surface area (Å²) in [4.78, 5) is 2.78. The zero-order chi connectivity index (χ0) is 21.5. The zero-order valence-corrected chi connectivity index (χ0v) is 19.0. The lowest BCUT2D eigenvalue weighted by Gasteiger charge is -2.36. The summed E-state index contributed by atoms with van der Waals surface area (Å²) in [6.45, 7) is 8.79. The highest BCUT2D eigenvalue weighted by Crippen LogP contribution is 2.37. The van der Waals surface area contributed by atoms with Crippen molar-refractivity contribution in [2.45, 2.75) is 49.8 Å². The van der Waals surface area contributed by atoms with Crippen LogP contribution < -0.4 is 4.72 Å². The number of rotatable bonds is 9. The quantitative estimate of drug-likeness (QED) is 0.588. The van der Waals surface area contributed by atoms with Crippen LogP contribution in [-0.2, 0) is 20.2 Å². The van der Waals surface area contributed by atoms with Gasteiger partial charge in [-0.25, -0.2) is 8.42 Å². The molecule has 1 heterocycles. The highest BCUT2D eigenvalue weighted by molar-refractivity contribution is 7.92. The highest BCUT2D eigenvalue weighted by atomic mass is 32.2. The normalized spacial score (nSPS) is 20.6. The second-order valence-electron chi connectivity index (χ2n) is 8.06. The van der Waals surface area contributed by atoms with Crippen LogP contribution in [0, 0.1) is 0 Å². The third-order valence-electron chi connectivity index (χ3n) is 6.12. The average molecular weight is 431 g/mol. The van der Waals surface area contributed by atoms with Crippen molar-refractivity contribution in [3.63, 3.8) is 0 Å². The van der Waals surface area contributed by atoms with Crippen LogP contribution in [0.2, 0.25) is 0 Å². The number of anilines is 1. The van der Waals surface area contributed by atoms with E-state index < -0.39 is 10.0 Å². The SMILES string of the molecule is CCOCCN1CCCCC(CC)(c2cccc(NS(=O)(=O)c3ccccc3)c2)C1. The predicted octanol–water partition coefficient (Wildman–Crippen LogP) is 4.66. The van der Waals surface area contributed by atoms with Gasteiger partial charge in [0.05, 0.1) is 11.5 Å². The van der Waals surface area contributed by atoms with Gasteiger partial charge in [0, 0.05) is 30.8 Å². The molecule has 0 spiro atoms. The number of benzene rings is 2. The van der Waals surface area contributed by atoms with Crippen LogP contribution in [0.5, 0.6) is 0 Å². The minimum absolute atomic E-state index is 0.0247. The Morgan fingerprint density at radius 2 is 1.87 bits per heavy atom. The smallest absolute Gasteiger partial charge is 0.261 e. The van der Waals surface area contributed by atoms with Crippen LogP contribution >= 0.6 is 0 Å². The summed E-state index contributed by atoms with van der Waals surface area (Å²) >= 11 is 0. The largest absolute Gasteiger partial charge is 0.380 e. The van der Waals surface area contributed by atoms with Crippen molar-refractivity contribution in [3.05, 3.63) is 60.2 Å². The maximum atomic E-state index is 12.8. The van der Waals surface area contributed by atoms with E-state index in [4.69, 9.17) is 4.74 Å². The topological polar surface area (TPSA) is 58.6 Å². The predicted molar refractivity (Wildman–Crippen MR) is 122 cm³/mol. The molecule has 0 saturated carbocycles. The lowest BCUT2D eigenvalue weighted by Crippen LogP contribution is -2.40. The van der Waals surface area contributed by atoms with Gasteiger partial charge in [-0.3, -0.25) is 4.72 Å². The van der Waals surface area contributed by atoms with Gasteiger partial charge in [-0.2, -0.15) is 0 Å². The number of hydrogen-bond donors (Lipinski definition) is 1. The minimum atomic E-state index is -3.60. The first-order valence-electron chi connectivity index (χ1n) is 11.0. The van der Waals surface area contributed by atoms with E-state index in [-0.39, 0.29) is 10.3 Å². The molecule has 1 fully saturated rings. The fraction of sp³-hybridized carbons (Fsp3) is 0.500. The van der Waals surface area contributed by atoms with Gasteiger partial charge in [-0.1, -0.05) is 43.7 Å². The number of nitrogens with zero attached hydrogens (tertiary/aromatic N) is 1. The highest BCUT2D eigenvalue weighted by Gasteiger charge is 2.34. The fourth-order valence-corrected chi connectivity index (χ4v) is 5.44. The summed E-state index contributed by atoms with van der Waals surface area (Å²) in [7, 11) is -3.60. The minimum Gasteiger partial charge on any atom is -0.380 e. The first kappa shape index (κ1) is 22.8. The van der Waals surface area contributed by atoms with E-state index in [1.807, 2.05) is 31.2 Å². The Bertz CT molecular complexity index is 902. The molecule has 0 bridgehead atoms. The van der Waals surface area contributed by atoms with E-state index >= 15 is 0 Å². The molecule has 2 aromatic carbocycles. The monoisotopic (exact) mass is 430 g/mol. The van der Waals surface area contributed by atoms with Crippen LogP contribution in [0.25, 0.3) is 0 Å². The molecule has 1 unspecified atom stereocenters. The molecule has 1 N–H and O–H groups in total. The summed E-state index contributed by atoms with van der Waals surface area (Å²) in [6, 6.07) is 16.5. The van der Waals surface area contributed by atoms with Crippen LogP contribution in [0.15, 0.2) is 59.5 Å². The van der Waals surface area contributed by atoms with Gasteiger partial charge in [-0.15, -0.1) is 0 Å². The summed E-state index contributed by atoms with van der Waals surface area (Å²) in [5, 5.41) is 0. The Hall–Kier alpha value is -1.89. The standard InChI is InChI=1S/C24H34N2O3S/c1-3-24(15-8-9-16-26(20-24)17-18-29-4-2)21-11-10-12-22(19-21)25-30(27,28)23-13-6-5-7-14-23/h5-7,10-14,19,25H,3-4,8-9,15-18,20H2,1-2H3. The second-order valence-corrected chi connectivity index (χ2v) is 9.75. The average Bonchev–Trinajstić information content (AvgIpc) is 2.98. The first-order chi connectivity index (χ1) is 14.5. The van der Waals surface area contributed by atoms with Crippen LogP contribution in [0.1, 0.15) is 45.1 Å². The molecule has 1 atom stereocenters. The Labute approximate surface area is 181 Å². The second kappa shape index (κ2) is 10.4. The molecule has 30 heavy (non-hydrogen) atoms. The molecule has 0 radical (unpaired) electrons. The molecule has 0 aromatic heterocycles. The Balaban J connectivity index is 1.83. The lowest BCUT2D eigenvalue weighted by atomic mass is 9.74. The number of sulfonamides is 1. The number of nitrogens with one attached hydrogen (secondary N) is 1. The number of hydrogen-bond acceptors (Lipinski definition) is 4. The van der Waals surface area contributed by atoms with E-state index in [1.54, 1.807) is 24.3 Å². The molecule has 1 saturated heterocycles. The van der Waals surface area contributed by atoms with Gasteiger partial charge < -0.3 is 9.64 Å². The first-order valence-corrected chi connectivity index (χ1v) is 12.5. The van der Waals surface area contributed by atoms with Crippen LogP contribution in [-0.4, -0.2) is 46.2 Å². The van der Waals surface area contributed by atoms with Crippen molar-refractivity contribution >= 4 is 15.7 Å². The molecule has 1 aliphatic rings. The van der Waals surface area contributed by atoms with Gasteiger partial charge >= 0.3 is 0 Å². The summed E-state index contributed by atoms with van der Waals surface area (Å²) in [5.41, 5.74) is 1.85. The number of ether oxygens (including phenoxy) is 1. The van der Waals surface area contributed by atoms with Gasteiger partial charge in [-0.05, 0) is 62.6 Å². The van der Waals surface area contributed by atoms with Crippen molar-refractivity contribution in [3.8, 4) is 0 Å². The maximum absolute atomic E-state index is 12.8. The van der Waals surface area contributed by atoms with Gasteiger partial charge in [0.1, 0.15) is 0 Å². The molecule has 0 amide bonds. The third-order valence-corrected chi connectivity index (χ3v) is 7.52. The van der Waals surface area contributed by atoms with Crippen LogP contribution in [0.3, 0.4) is 0 Å². The van der Waals surface area contributed by atoms with E-state index in [2.05, 4.69) is 22.6 Å². The Morgan fingerprint density at radius 3 is 2.60 bits per heavy atom. The van der Waals surface area contributed by atoms with Gasteiger partial charge in [0.25, 0.3) is 10.0 Å². The lowest BCUT2D eigenvalue weighted by molar-refractivity contribution is 0.105. The Morgan fingerprint density at radius 1 is 1.07 bits per heavy atom. The van der Waals surface area contributed by atoms with E-state index in [1.165, 1.54) is 18.4 Å². The van der Waals surface area contributed by atoms with Crippen molar-refractivity contribution in [1.82, 2.24) is 4.90 Å². The maximum Gasteiger partial charge on any atom is 0.261 e.